The summed E-state index contributed by atoms with van der Waals surface area (Å²) < 4.78 is 10.4. The van der Waals surface area contributed by atoms with E-state index in [1.54, 1.807) is 13.8 Å². The molecule has 0 unspecified atom stereocenters. The van der Waals surface area contributed by atoms with Crippen molar-refractivity contribution in [1.29, 1.82) is 0 Å². The van der Waals surface area contributed by atoms with E-state index < -0.39 is 41.9 Å². The lowest BCUT2D eigenvalue weighted by Gasteiger charge is -2.23. The normalized spacial score (nSPS) is 13.8. The first kappa shape index (κ1) is 31.8. The summed E-state index contributed by atoms with van der Waals surface area (Å²) in [6.45, 7) is 9.12. The first-order valence-electron chi connectivity index (χ1n) is 11.6. The van der Waals surface area contributed by atoms with Crippen LogP contribution in [-0.4, -0.2) is 86.7 Å². The number of carbonyl (C=O) groups excluding carboxylic acids is 5. The van der Waals surface area contributed by atoms with Gasteiger partial charge in [-0.2, -0.15) is 0 Å². The summed E-state index contributed by atoms with van der Waals surface area (Å²) in [6.07, 6.45) is 5.68. The number of hydrogen-bond acceptors (Lipinski definition) is 7. The van der Waals surface area contributed by atoms with Crippen LogP contribution in [0.2, 0.25) is 0 Å². The van der Waals surface area contributed by atoms with Crippen molar-refractivity contribution in [3.63, 3.8) is 0 Å². The predicted octanol–water partition coefficient (Wildman–Crippen LogP) is -1.41. The average molecular weight is 498 g/mol. The lowest BCUT2D eigenvalue weighted by molar-refractivity contribution is -0.134. The molecule has 0 aliphatic rings. The van der Waals surface area contributed by atoms with Crippen LogP contribution in [0.15, 0.2) is 0 Å². The molecule has 0 aliphatic carbocycles. The number of nitrogens with one attached hydrogen (secondary N) is 5. The molecule has 0 fully saturated rings. The standard InChI is InChI=1S/C23H39N5O7/c1-7-11-34-13-14-35-12-10-24-22(32)18(8-2)27-21(31)16(5)26-23(33)19(9-3)28-20(30)15(4)25-17(6)29/h1,15-16,18-19H,8-14H2,2-6H3,(H,24,32)(H,25,29)(H,26,33)(H,27,31)(H,28,30)/t15-,16-,18-,19+/m0/s1. The van der Waals surface area contributed by atoms with E-state index in [4.69, 9.17) is 15.9 Å². The Morgan fingerprint density at radius 2 is 1.26 bits per heavy atom. The molecule has 0 aromatic rings. The van der Waals surface area contributed by atoms with Crippen LogP contribution >= 0.6 is 0 Å². The maximum Gasteiger partial charge on any atom is 0.243 e. The molecule has 0 aromatic heterocycles. The van der Waals surface area contributed by atoms with E-state index in [9.17, 15) is 24.0 Å². The maximum atomic E-state index is 12.5. The molecule has 0 spiro atoms. The highest BCUT2D eigenvalue weighted by Gasteiger charge is 2.27. The van der Waals surface area contributed by atoms with Gasteiger partial charge in [0.2, 0.25) is 29.5 Å². The van der Waals surface area contributed by atoms with Crippen molar-refractivity contribution in [1.82, 2.24) is 26.6 Å². The zero-order chi connectivity index (χ0) is 26.8. The zero-order valence-electron chi connectivity index (χ0n) is 21.2. The van der Waals surface area contributed by atoms with Gasteiger partial charge >= 0.3 is 0 Å². The van der Waals surface area contributed by atoms with E-state index in [0.717, 1.165) is 0 Å². The minimum Gasteiger partial charge on any atom is -0.377 e. The Kier molecular flexibility index (Phi) is 16.5. The van der Waals surface area contributed by atoms with Gasteiger partial charge in [-0.25, -0.2) is 0 Å². The van der Waals surface area contributed by atoms with Crippen LogP contribution in [0.5, 0.6) is 0 Å². The van der Waals surface area contributed by atoms with Crippen molar-refractivity contribution in [2.45, 2.75) is 71.6 Å². The van der Waals surface area contributed by atoms with Gasteiger partial charge in [-0.15, -0.1) is 6.42 Å². The van der Waals surface area contributed by atoms with Gasteiger partial charge in [0.05, 0.1) is 19.8 Å². The molecule has 12 nitrogen and oxygen atoms in total. The molecule has 0 radical (unpaired) electrons. The van der Waals surface area contributed by atoms with Gasteiger partial charge in [-0.1, -0.05) is 19.8 Å². The second kappa shape index (κ2) is 18.2. The lowest BCUT2D eigenvalue weighted by atomic mass is 10.1. The third-order valence-electron chi connectivity index (χ3n) is 4.75. The Bertz CT molecular complexity index is 753. The Balaban J connectivity index is 4.55. The first-order valence-corrected chi connectivity index (χ1v) is 11.6. The summed E-state index contributed by atoms with van der Waals surface area (Å²) in [5.41, 5.74) is 0. The fraction of sp³-hybridized carbons (Fsp3) is 0.696. The fourth-order valence-corrected chi connectivity index (χ4v) is 2.77. The average Bonchev–Trinajstić information content (AvgIpc) is 2.81. The molecule has 12 heteroatoms. The highest BCUT2D eigenvalue weighted by atomic mass is 16.5. The second-order valence-electron chi connectivity index (χ2n) is 7.75. The van der Waals surface area contributed by atoms with Crippen molar-refractivity contribution >= 4 is 29.5 Å². The molecule has 0 saturated carbocycles. The summed E-state index contributed by atoms with van der Waals surface area (Å²) in [5, 5.41) is 12.8. The van der Waals surface area contributed by atoms with E-state index in [2.05, 4.69) is 32.5 Å². The molecule has 198 valence electrons. The number of rotatable bonds is 17. The monoisotopic (exact) mass is 497 g/mol. The minimum absolute atomic E-state index is 0.211. The number of carbonyl (C=O) groups is 5. The predicted molar refractivity (Wildman–Crippen MR) is 129 cm³/mol. The Labute approximate surface area is 207 Å². The number of ether oxygens (including phenoxy) is 2. The Hall–Kier alpha value is -3.17. The topological polar surface area (TPSA) is 164 Å². The molecule has 0 bridgehead atoms. The second-order valence-corrected chi connectivity index (χ2v) is 7.75. The molecule has 4 atom stereocenters. The van der Waals surface area contributed by atoms with Crippen molar-refractivity contribution in [2.24, 2.45) is 0 Å². The van der Waals surface area contributed by atoms with E-state index >= 15 is 0 Å². The van der Waals surface area contributed by atoms with E-state index in [1.165, 1.54) is 20.8 Å². The van der Waals surface area contributed by atoms with Gasteiger partial charge < -0.3 is 36.1 Å². The van der Waals surface area contributed by atoms with Crippen LogP contribution in [0.1, 0.15) is 47.5 Å². The summed E-state index contributed by atoms with van der Waals surface area (Å²) in [7, 11) is 0. The van der Waals surface area contributed by atoms with Crippen LogP contribution in [-0.2, 0) is 33.4 Å². The largest absolute Gasteiger partial charge is 0.377 e. The molecule has 0 aromatic carbocycles. The van der Waals surface area contributed by atoms with Crippen LogP contribution in [0.3, 0.4) is 0 Å². The van der Waals surface area contributed by atoms with Crippen molar-refractivity contribution in [3.8, 4) is 12.3 Å². The lowest BCUT2D eigenvalue weighted by Crippen LogP contribution is -2.57. The molecule has 35 heavy (non-hydrogen) atoms. The summed E-state index contributed by atoms with van der Waals surface area (Å²) in [6, 6.07) is -3.45. The Morgan fingerprint density at radius 3 is 1.77 bits per heavy atom. The molecule has 5 amide bonds. The highest BCUT2D eigenvalue weighted by molar-refractivity contribution is 5.95. The quantitative estimate of drug-likeness (QED) is 0.122. The Morgan fingerprint density at radius 1 is 0.743 bits per heavy atom. The highest BCUT2D eigenvalue weighted by Crippen LogP contribution is 1.98. The smallest absolute Gasteiger partial charge is 0.243 e. The van der Waals surface area contributed by atoms with Gasteiger partial charge in [-0.3, -0.25) is 24.0 Å². The van der Waals surface area contributed by atoms with E-state index in [-0.39, 0.29) is 38.0 Å². The minimum atomic E-state index is -0.950. The van der Waals surface area contributed by atoms with Crippen LogP contribution in [0.25, 0.3) is 0 Å². The summed E-state index contributed by atoms with van der Waals surface area (Å²) in [4.78, 5) is 60.7. The molecular formula is C23H39N5O7. The van der Waals surface area contributed by atoms with E-state index in [0.29, 0.717) is 19.6 Å². The van der Waals surface area contributed by atoms with Crippen molar-refractivity contribution < 1.29 is 33.4 Å². The van der Waals surface area contributed by atoms with Crippen LogP contribution in [0, 0.1) is 12.3 Å². The number of amides is 5. The van der Waals surface area contributed by atoms with Gasteiger partial charge in [-0.05, 0) is 26.7 Å². The number of hydrogen-bond donors (Lipinski definition) is 5. The molecular weight excluding hydrogens is 458 g/mol. The maximum absolute atomic E-state index is 12.5. The third-order valence-corrected chi connectivity index (χ3v) is 4.75. The van der Waals surface area contributed by atoms with Crippen molar-refractivity contribution in [2.75, 3.05) is 33.0 Å². The van der Waals surface area contributed by atoms with Gasteiger partial charge in [0.15, 0.2) is 0 Å². The van der Waals surface area contributed by atoms with Gasteiger partial charge in [0.1, 0.15) is 30.8 Å². The molecule has 0 saturated heterocycles. The van der Waals surface area contributed by atoms with Gasteiger partial charge in [0, 0.05) is 13.5 Å². The SMILES string of the molecule is C#CCOCCOCCNC(=O)[C@H](CC)NC(=O)[C@H](C)NC(=O)[C@@H](CC)NC(=O)[C@H](C)NC(C)=O. The summed E-state index contributed by atoms with van der Waals surface area (Å²) in [5.74, 6) is -0.0332. The first-order chi connectivity index (χ1) is 16.6. The van der Waals surface area contributed by atoms with E-state index in [1.807, 2.05) is 0 Å². The molecule has 0 heterocycles. The zero-order valence-corrected chi connectivity index (χ0v) is 21.2. The summed E-state index contributed by atoms with van der Waals surface area (Å²) >= 11 is 0. The third kappa shape index (κ3) is 14.0. The number of terminal acetylenes is 1. The van der Waals surface area contributed by atoms with Crippen molar-refractivity contribution in [3.05, 3.63) is 0 Å². The molecule has 5 N–H and O–H groups in total. The van der Waals surface area contributed by atoms with Gasteiger partial charge in [0.25, 0.3) is 0 Å². The molecule has 0 aliphatic heterocycles. The molecule has 0 rings (SSSR count). The van der Waals surface area contributed by atoms with Crippen LogP contribution < -0.4 is 26.6 Å². The fourth-order valence-electron chi connectivity index (χ4n) is 2.77. The van der Waals surface area contributed by atoms with Crippen LogP contribution in [0.4, 0.5) is 0 Å².